The second-order valence-electron chi connectivity index (χ2n) is 6.76. The van der Waals surface area contributed by atoms with Crippen LogP contribution in [0.5, 0.6) is 5.75 Å². The Bertz CT molecular complexity index is 1060. The maximum absolute atomic E-state index is 13.6. The molecular formula is C23H20FN3O2. The second-order valence-corrected chi connectivity index (χ2v) is 6.76. The van der Waals surface area contributed by atoms with Gasteiger partial charge in [0.2, 0.25) is 0 Å². The number of fused-ring (bicyclic) bond motifs is 1. The first kappa shape index (κ1) is 18.7. The van der Waals surface area contributed by atoms with Gasteiger partial charge in [-0.05, 0) is 53.6 Å². The molecule has 0 atom stereocenters. The van der Waals surface area contributed by atoms with E-state index >= 15 is 0 Å². The highest BCUT2D eigenvalue weighted by atomic mass is 19.1. The van der Waals surface area contributed by atoms with Gasteiger partial charge in [0.15, 0.2) is 0 Å². The van der Waals surface area contributed by atoms with Crippen molar-refractivity contribution in [1.82, 2.24) is 5.43 Å². The van der Waals surface area contributed by atoms with Crippen LogP contribution < -0.4 is 15.1 Å². The number of carbonyl (C=O) groups excluding carboxylic acids is 1. The van der Waals surface area contributed by atoms with Gasteiger partial charge >= 0.3 is 0 Å². The van der Waals surface area contributed by atoms with Gasteiger partial charge in [-0.3, -0.25) is 4.79 Å². The molecular weight excluding hydrogens is 369 g/mol. The van der Waals surface area contributed by atoms with Gasteiger partial charge < -0.3 is 9.64 Å². The maximum Gasteiger partial charge on any atom is 0.271 e. The number of halogens is 1. The van der Waals surface area contributed by atoms with Crippen molar-refractivity contribution in [3.63, 3.8) is 0 Å². The number of hydrazone groups is 1. The van der Waals surface area contributed by atoms with Crippen LogP contribution in [0.4, 0.5) is 10.1 Å². The third-order valence-corrected chi connectivity index (χ3v) is 4.90. The van der Waals surface area contributed by atoms with Gasteiger partial charge in [0, 0.05) is 29.9 Å². The molecule has 0 bridgehead atoms. The lowest BCUT2D eigenvalue weighted by Gasteiger charge is -2.17. The van der Waals surface area contributed by atoms with Gasteiger partial charge in [0.05, 0.1) is 13.3 Å². The number of anilines is 1. The topological polar surface area (TPSA) is 53.9 Å². The summed E-state index contributed by atoms with van der Waals surface area (Å²) in [7, 11) is 1.65. The van der Waals surface area contributed by atoms with Crippen LogP contribution in [-0.2, 0) is 13.1 Å². The van der Waals surface area contributed by atoms with E-state index in [0.717, 1.165) is 30.1 Å². The largest absolute Gasteiger partial charge is 0.497 e. The lowest BCUT2D eigenvalue weighted by molar-refractivity contribution is 0.0955. The zero-order valence-corrected chi connectivity index (χ0v) is 15.9. The van der Waals surface area contributed by atoms with E-state index < -0.39 is 0 Å². The summed E-state index contributed by atoms with van der Waals surface area (Å²) >= 11 is 0. The Labute approximate surface area is 168 Å². The molecule has 1 aliphatic heterocycles. The maximum atomic E-state index is 13.6. The Hall–Kier alpha value is -3.67. The molecule has 0 aliphatic carbocycles. The smallest absolute Gasteiger partial charge is 0.271 e. The van der Waals surface area contributed by atoms with Crippen LogP contribution in [0, 0.1) is 5.82 Å². The molecule has 1 amide bonds. The van der Waals surface area contributed by atoms with Crippen molar-refractivity contribution in [2.45, 2.75) is 13.1 Å². The number of carbonyl (C=O) groups is 1. The zero-order valence-electron chi connectivity index (χ0n) is 15.9. The summed E-state index contributed by atoms with van der Waals surface area (Å²) in [6.07, 6.45) is 1.30. The fourth-order valence-corrected chi connectivity index (χ4v) is 3.32. The zero-order chi connectivity index (χ0) is 20.2. The Morgan fingerprint density at radius 3 is 2.59 bits per heavy atom. The van der Waals surface area contributed by atoms with E-state index in [1.807, 2.05) is 36.4 Å². The molecule has 1 N–H and O–H groups in total. The van der Waals surface area contributed by atoms with Crippen LogP contribution in [0.3, 0.4) is 0 Å². The molecule has 6 heteroatoms. The van der Waals surface area contributed by atoms with Crippen molar-refractivity contribution >= 4 is 17.8 Å². The first-order valence-corrected chi connectivity index (χ1v) is 9.23. The summed E-state index contributed by atoms with van der Waals surface area (Å²) in [6, 6.07) is 19.8. The summed E-state index contributed by atoms with van der Waals surface area (Å²) in [5.41, 5.74) is 6.68. The molecule has 0 unspecified atom stereocenters. The van der Waals surface area contributed by atoms with Crippen molar-refractivity contribution in [3.8, 4) is 5.75 Å². The third-order valence-electron chi connectivity index (χ3n) is 4.90. The monoisotopic (exact) mass is 389 g/mol. The number of methoxy groups -OCH3 is 1. The SMILES string of the molecule is COc1ccc(N2Cc3ccc(C(=O)N/N=C/c4ccccc4F)cc3C2)cc1. The van der Waals surface area contributed by atoms with E-state index in [0.29, 0.717) is 11.1 Å². The van der Waals surface area contributed by atoms with Crippen LogP contribution in [0.15, 0.2) is 71.8 Å². The Morgan fingerprint density at radius 1 is 1.07 bits per heavy atom. The first-order chi connectivity index (χ1) is 14.1. The Morgan fingerprint density at radius 2 is 1.83 bits per heavy atom. The predicted octanol–water partition coefficient (Wildman–Crippen LogP) is 4.12. The lowest BCUT2D eigenvalue weighted by atomic mass is 10.1. The van der Waals surface area contributed by atoms with Gasteiger partial charge in [-0.1, -0.05) is 24.3 Å². The van der Waals surface area contributed by atoms with Gasteiger partial charge in [-0.25, -0.2) is 9.82 Å². The van der Waals surface area contributed by atoms with Crippen molar-refractivity contribution in [2.24, 2.45) is 5.10 Å². The number of nitrogens with zero attached hydrogens (tertiary/aromatic N) is 2. The molecule has 29 heavy (non-hydrogen) atoms. The van der Waals surface area contributed by atoms with Crippen molar-refractivity contribution in [3.05, 3.63) is 94.8 Å². The Kier molecular flexibility index (Phi) is 5.24. The van der Waals surface area contributed by atoms with Crippen LogP contribution in [0.2, 0.25) is 0 Å². The summed E-state index contributed by atoms with van der Waals surface area (Å²) in [5.74, 6) is 0.102. The quantitative estimate of drug-likeness (QED) is 0.528. The highest BCUT2D eigenvalue weighted by Gasteiger charge is 2.20. The molecule has 1 heterocycles. The number of hydrogen-bond donors (Lipinski definition) is 1. The first-order valence-electron chi connectivity index (χ1n) is 9.23. The van der Waals surface area contributed by atoms with Crippen molar-refractivity contribution in [1.29, 1.82) is 0 Å². The van der Waals surface area contributed by atoms with Crippen LogP contribution in [0.25, 0.3) is 0 Å². The summed E-state index contributed by atoms with van der Waals surface area (Å²) in [4.78, 5) is 14.6. The molecule has 3 aromatic carbocycles. The molecule has 0 fully saturated rings. The summed E-state index contributed by atoms with van der Waals surface area (Å²) in [6.45, 7) is 1.51. The normalized spacial score (nSPS) is 12.8. The minimum absolute atomic E-state index is 0.317. The van der Waals surface area contributed by atoms with E-state index in [9.17, 15) is 9.18 Å². The minimum atomic E-state index is -0.387. The molecule has 5 nitrogen and oxygen atoms in total. The number of hydrogen-bond acceptors (Lipinski definition) is 4. The predicted molar refractivity (Wildman–Crippen MR) is 111 cm³/mol. The van der Waals surface area contributed by atoms with E-state index in [1.54, 1.807) is 31.4 Å². The molecule has 146 valence electrons. The van der Waals surface area contributed by atoms with Gasteiger partial charge in [-0.2, -0.15) is 5.10 Å². The number of ether oxygens (including phenoxy) is 1. The molecule has 0 radical (unpaired) electrons. The van der Waals surface area contributed by atoms with Gasteiger partial charge in [-0.15, -0.1) is 0 Å². The van der Waals surface area contributed by atoms with Crippen LogP contribution >= 0.6 is 0 Å². The summed E-state index contributed by atoms with van der Waals surface area (Å²) < 4.78 is 18.8. The van der Waals surface area contributed by atoms with Gasteiger partial charge in [0.25, 0.3) is 5.91 Å². The molecule has 4 rings (SSSR count). The standard InChI is InChI=1S/C23H20FN3O2/c1-29-21-10-8-20(9-11-21)27-14-18-7-6-16(12-19(18)15-27)23(28)26-25-13-17-4-2-3-5-22(17)24/h2-13H,14-15H2,1H3,(H,26,28)/b25-13+. The van der Waals surface area contributed by atoms with Crippen LogP contribution in [-0.4, -0.2) is 19.2 Å². The number of nitrogens with one attached hydrogen (secondary N) is 1. The molecule has 0 spiro atoms. The van der Waals surface area contributed by atoms with E-state index in [1.165, 1.54) is 17.8 Å². The lowest BCUT2D eigenvalue weighted by Crippen LogP contribution is -2.18. The number of rotatable bonds is 5. The van der Waals surface area contributed by atoms with Crippen molar-refractivity contribution < 1.29 is 13.9 Å². The Balaban J connectivity index is 1.43. The fourth-order valence-electron chi connectivity index (χ4n) is 3.32. The third kappa shape index (κ3) is 4.11. The van der Waals surface area contributed by atoms with Gasteiger partial charge in [0.1, 0.15) is 11.6 Å². The van der Waals surface area contributed by atoms with Crippen LogP contribution in [0.1, 0.15) is 27.0 Å². The van der Waals surface area contributed by atoms with Crippen molar-refractivity contribution in [2.75, 3.05) is 12.0 Å². The van der Waals surface area contributed by atoms with E-state index in [2.05, 4.69) is 15.4 Å². The van der Waals surface area contributed by atoms with E-state index in [4.69, 9.17) is 4.74 Å². The number of amides is 1. The second kappa shape index (κ2) is 8.14. The highest BCUT2D eigenvalue weighted by Crippen LogP contribution is 2.30. The average molecular weight is 389 g/mol. The highest BCUT2D eigenvalue weighted by molar-refractivity contribution is 5.95. The molecule has 0 saturated heterocycles. The number of benzene rings is 3. The molecule has 1 aliphatic rings. The molecule has 0 aromatic heterocycles. The van der Waals surface area contributed by atoms with E-state index in [-0.39, 0.29) is 11.7 Å². The average Bonchev–Trinajstić information content (AvgIpc) is 3.18. The minimum Gasteiger partial charge on any atom is -0.497 e. The summed E-state index contributed by atoms with van der Waals surface area (Å²) in [5, 5.41) is 3.86. The fraction of sp³-hybridized carbons (Fsp3) is 0.130. The molecule has 0 saturated carbocycles. The molecule has 3 aromatic rings.